The van der Waals surface area contributed by atoms with Crippen LogP contribution in [0.5, 0.6) is 0 Å². The summed E-state index contributed by atoms with van der Waals surface area (Å²) >= 11 is 0. The van der Waals surface area contributed by atoms with Crippen LogP contribution in [0.15, 0.2) is 48.7 Å². The number of hydrogen-bond acceptors (Lipinski definition) is 4. The molecule has 32 heavy (non-hydrogen) atoms. The predicted molar refractivity (Wildman–Crippen MR) is 117 cm³/mol. The fourth-order valence-corrected chi connectivity index (χ4v) is 4.60. The van der Waals surface area contributed by atoms with Crippen LogP contribution < -0.4 is 4.90 Å². The molecule has 2 aromatic rings. The number of amides is 1. The molecule has 2 aliphatic rings. The van der Waals surface area contributed by atoms with E-state index in [0.29, 0.717) is 25.5 Å². The number of nitrogens with zero attached hydrogens (tertiary/aromatic N) is 4. The third kappa shape index (κ3) is 5.23. The van der Waals surface area contributed by atoms with Crippen molar-refractivity contribution in [2.75, 3.05) is 44.2 Å². The van der Waals surface area contributed by atoms with E-state index in [4.69, 9.17) is 0 Å². The van der Waals surface area contributed by atoms with Gasteiger partial charge in [-0.25, -0.2) is 4.98 Å². The molecule has 0 saturated carbocycles. The van der Waals surface area contributed by atoms with Crippen LogP contribution in [0.4, 0.5) is 19.0 Å². The molecule has 0 radical (unpaired) electrons. The molecule has 0 spiro atoms. The second kappa shape index (κ2) is 9.90. The van der Waals surface area contributed by atoms with Gasteiger partial charge in [0.05, 0.1) is 5.56 Å². The molecule has 4 rings (SSSR count). The second-order valence-electron chi connectivity index (χ2n) is 8.48. The van der Waals surface area contributed by atoms with Gasteiger partial charge in [0.1, 0.15) is 11.9 Å². The maximum atomic E-state index is 13.5. The van der Waals surface area contributed by atoms with Crippen LogP contribution in [0.25, 0.3) is 0 Å². The monoisotopic (exact) mass is 446 g/mol. The zero-order valence-electron chi connectivity index (χ0n) is 18.1. The van der Waals surface area contributed by atoms with Gasteiger partial charge in [0, 0.05) is 45.5 Å². The molecule has 1 amide bonds. The number of aromatic nitrogens is 1. The Labute approximate surface area is 186 Å². The first kappa shape index (κ1) is 22.6. The first-order valence-electron chi connectivity index (χ1n) is 11.3. The van der Waals surface area contributed by atoms with Gasteiger partial charge in [0.15, 0.2) is 0 Å². The van der Waals surface area contributed by atoms with Crippen molar-refractivity contribution >= 4 is 11.7 Å². The lowest BCUT2D eigenvalue weighted by molar-refractivity contribution is -0.138. The summed E-state index contributed by atoms with van der Waals surface area (Å²) in [5.74, 6) is 0.690. The fraction of sp³-hybridized carbons (Fsp3) is 0.500. The van der Waals surface area contributed by atoms with Gasteiger partial charge in [-0.2, -0.15) is 13.2 Å². The summed E-state index contributed by atoms with van der Waals surface area (Å²) in [6.45, 7) is 4.29. The average Bonchev–Trinajstić information content (AvgIpc) is 3.06. The Kier molecular flexibility index (Phi) is 6.98. The van der Waals surface area contributed by atoms with Gasteiger partial charge in [0.2, 0.25) is 5.91 Å². The minimum absolute atomic E-state index is 0.150. The standard InChI is InChI=1S/C24H29F3N4O/c25-24(26,27)20-10-11-21(28-18-20)29-14-7-15-30(17-16-29)22(19-8-3-1-4-9-19)23(32)31-12-5-2-6-13-31/h1,3-4,8-11,18,22H,2,5-7,12-17H2/t22-/m1/s1. The van der Waals surface area contributed by atoms with Crippen molar-refractivity contribution in [2.45, 2.75) is 37.9 Å². The normalized spacial score (nSPS) is 19.5. The van der Waals surface area contributed by atoms with E-state index >= 15 is 0 Å². The Hall–Kier alpha value is -2.61. The van der Waals surface area contributed by atoms with Gasteiger partial charge in [0.25, 0.3) is 0 Å². The first-order valence-corrected chi connectivity index (χ1v) is 11.3. The number of likely N-dealkylation sites (tertiary alicyclic amines) is 1. The predicted octanol–water partition coefficient (Wildman–Crippen LogP) is 4.37. The highest BCUT2D eigenvalue weighted by Gasteiger charge is 2.34. The molecule has 1 atom stereocenters. The number of anilines is 1. The molecule has 5 nitrogen and oxygen atoms in total. The van der Waals surface area contributed by atoms with Crippen LogP contribution in [-0.2, 0) is 11.0 Å². The van der Waals surface area contributed by atoms with Crippen LogP contribution in [0.2, 0.25) is 0 Å². The maximum absolute atomic E-state index is 13.5. The van der Waals surface area contributed by atoms with Crippen LogP contribution in [0.1, 0.15) is 42.9 Å². The van der Waals surface area contributed by atoms with E-state index in [1.807, 2.05) is 40.1 Å². The van der Waals surface area contributed by atoms with Crippen molar-refractivity contribution in [1.29, 1.82) is 0 Å². The maximum Gasteiger partial charge on any atom is 0.417 e. The van der Waals surface area contributed by atoms with Crippen molar-refractivity contribution in [3.05, 3.63) is 59.8 Å². The van der Waals surface area contributed by atoms with Gasteiger partial charge >= 0.3 is 6.18 Å². The number of piperidine rings is 1. The van der Waals surface area contributed by atoms with Crippen molar-refractivity contribution in [3.8, 4) is 0 Å². The van der Waals surface area contributed by atoms with Gasteiger partial charge in [-0.05, 0) is 43.4 Å². The lowest BCUT2D eigenvalue weighted by Gasteiger charge is -2.36. The van der Waals surface area contributed by atoms with Crippen molar-refractivity contribution in [1.82, 2.24) is 14.8 Å². The van der Waals surface area contributed by atoms with Gasteiger partial charge in [-0.3, -0.25) is 9.69 Å². The van der Waals surface area contributed by atoms with Crippen molar-refractivity contribution in [2.24, 2.45) is 0 Å². The SMILES string of the molecule is O=C([C@@H](c1ccccc1)N1CCCN(c2ccc(C(F)(F)F)cn2)CC1)N1CCCCC1. The zero-order valence-corrected chi connectivity index (χ0v) is 18.1. The molecule has 0 bridgehead atoms. The van der Waals surface area contributed by atoms with Crippen molar-refractivity contribution < 1.29 is 18.0 Å². The van der Waals surface area contributed by atoms with Crippen LogP contribution >= 0.6 is 0 Å². The number of benzene rings is 1. The average molecular weight is 447 g/mol. The lowest BCUT2D eigenvalue weighted by Crippen LogP contribution is -2.46. The third-order valence-corrected chi connectivity index (χ3v) is 6.31. The molecule has 8 heteroatoms. The minimum Gasteiger partial charge on any atom is -0.355 e. The van der Waals surface area contributed by atoms with Crippen LogP contribution in [0, 0.1) is 0 Å². The summed E-state index contributed by atoms with van der Waals surface area (Å²) in [5, 5.41) is 0. The molecule has 1 aromatic heterocycles. The molecule has 172 valence electrons. The minimum atomic E-state index is -4.39. The van der Waals surface area contributed by atoms with Gasteiger partial charge in [-0.15, -0.1) is 0 Å². The summed E-state index contributed by atoms with van der Waals surface area (Å²) in [6, 6.07) is 12.1. The molecule has 2 saturated heterocycles. The number of carbonyl (C=O) groups excluding carboxylic acids is 1. The Morgan fingerprint density at radius 1 is 0.844 bits per heavy atom. The second-order valence-corrected chi connectivity index (χ2v) is 8.48. The Morgan fingerprint density at radius 2 is 1.59 bits per heavy atom. The smallest absolute Gasteiger partial charge is 0.355 e. The van der Waals surface area contributed by atoms with E-state index in [0.717, 1.165) is 56.7 Å². The Balaban J connectivity index is 1.50. The molecule has 2 fully saturated rings. The van der Waals surface area contributed by atoms with Gasteiger partial charge in [-0.1, -0.05) is 30.3 Å². The zero-order chi connectivity index (χ0) is 22.6. The quantitative estimate of drug-likeness (QED) is 0.700. The third-order valence-electron chi connectivity index (χ3n) is 6.31. The summed E-state index contributed by atoms with van der Waals surface area (Å²) in [6.07, 6.45) is 0.558. The summed E-state index contributed by atoms with van der Waals surface area (Å²) < 4.78 is 38.6. The van der Waals surface area contributed by atoms with Gasteiger partial charge < -0.3 is 9.80 Å². The van der Waals surface area contributed by atoms with E-state index in [-0.39, 0.29) is 11.9 Å². The number of alkyl halides is 3. The fourth-order valence-electron chi connectivity index (χ4n) is 4.60. The molecule has 0 aliphatic carbocycles. The van der Waals surface area contributed by atoms with E-state index < -0.39 is 11.7 Å². The highest BCUT2D eigenvalue weighted by Crippen LogP contribution is 2.30. The Bertz CT molecular complexity index is 882. The molecule has 0 N–H and O–H groups in total. The molecular weight excluding hydrogens is 417 g/mol. The number of halogens is 3. The van der Waals surface area contributed by atoms with E-state index in [1.165, 1.54) is 12.5 Å². The summed E-state index contributed by atoms with van der Waals surface area (Å²) in [4.78, 5) is 23.8. The molecule has 0 unspecified atom stereocenters. The number of pyridine rings is 1. The molecule has 1 aromatic carbocycles. The number of hydrogen-bond donors (Lipinski definition) is 0. The van der Waals surface area contributed by atoms with Crippen LogP contribution in [0.3, 0.4) is 0 Å². The number of carbonyl (C=O) groups is 1. The Morgan fingerprint density at radius 3 is 2.25 bits per heavy atom. The molecular formula is C24H29F3N4O. The van der Waals surface area contributed by atoms with Crippen molar-refractivity contribution in [3.63, 3.8) is 0 Å². The van der Waals surface area contributed by atoms with E-state index in [9.17, 15) is 18.0 Å². The molecule has 3 heterocycles. The first-order chi connectivity index (χ1) is 15.4. The highest BCUT2D eigenvalue weighted by molar-refractivity contribution is 5.83. The van der Waals surface area contributed by atoms with E-state index in [2.05, 4.69) is 9.88 Å². The van der Waals surface area contributed by atoms with E-state index in [1.54, 1.807) is 0 Å². The van der Waals surface area contributed by atoms with Crippen LogP contribution in [-0.4, -0.2) is 60.0 Å². The summed E-state index contributed by atoms with van der Waals surface area (Å²) in [7, 11) is 0. The lowest BCUT2D eigenvalue weighted by atomic mass is 10.0. The molecule has 2 aliphatic heterocycles. The topological polar surface area (TPSA) is 39.7 Å². The largest absolute Gasteiger partial charge is 0.417 e. The highest BCUT2D eigenvalue weighted by atomic mass is 19.4. The number of rotatable bonds is 4. The summed E-state index contributed by atoms with van der Waals surface area (Å²) in [5.41, 5.74) is 0.248.